The van der Waals surface area contributed by atoms with E-state index in [4.69, 9.17) is 4.74 Å². The highest BCUT2D eigenvalue weighted by Gasteiger charge is 2.33. The molecule has 0 saturated carbocycles. The Bertz CT molecular complexity index is 1030. The minimum Gasteiger partial charge on any atom is -0.492 e. The van der Waals surface area contributed by atoms with Gasteiger partial charge in [-0.3, -0.25) is 4.90 Å². The standard InChI is InChI=1S/C25H36N6O2/c1-3-17-7-8-18(30-11-9-20(32)13-30)12-21(17)22(4-2)33-14-19-6-5-10-31(19)25-23-24(27-15-26-23)28-16-29-25/h4,15-16,18-20,32H,3,5-14H2,1-2H3,(H,26,27,28,29). The molecule has 5 rings (SSSR count). The van der Waals surface area contributed by atoms with Gasteiger partial charge in [-0.15, -0.1) is 0 Å². The SMILES string of the molecule is CC=C(OCC1CCCN1c1ncnc2nc[nH]c12)C1=C(CC)CCC(N2CCC(O)C2)C1. The number of ether oxygens (including phenoxy) is 1. The van der Waals surface area contributed by atoms with Gasteiger partial charge in [-0.25, -0.2) is 15.0 Å². The molecule has 0 aromatic carbocycles. The van der Waals surface area contributed by atoms with Gasteiger partial charge in [0.05, 0.1) is 18.5 Å². The zero-order valence-electron chi connectivity index (χ0n) is 19.8. The normalized spacial score (nSPS) is 27.2. The third-order valence-corrected chi connectivity index (χ3v) is 7.63. The zero-order valence-corrected chi connectivity index (χ0v) is 19.8. The number of H-pyrrole nitrogens is 1. The number of nitrogens with zero attached hydrogens (tertiary/aromatic N) is 5. The molecule has 8 nitrogen and oxygen atoms in total. The summed E-state index contributed by atoms with van der Waals surface area (Å²) in [7, 11) is 0. The molecule has 3 atom stereocenters. The van der Waals surface area contributed by atoms with Crippen LogP contribution < -0.4 is 4.90 Å². The van der Waals surface area contributed by atoms with Crippen LogP contribution in [0.25, 0.3) is 11.2 Å². The van der Waals surface area contributed by atoms with E-state index in [9.17, 15) is 5.11 Å². The fraction of sp³-hybridized carbons (Fsp3) is 0.640. The number of allylic oxidation sites excluding steroid dienone is 3. The summed E-state index contributed by atoms with van der Waals surface area (Å²) in [6.45, 7) is 7.77. The van der Waals surface area contributed by atoms with Crippen molar-refractivity contribution in [2.24, 2.45) is 0 Å². The van der Waals surface area contributed by atoms with Crippen LogP contribution in [0.15, 0.2) is 35.6 Å². The monoisotopic (exact) mass is 452 g/mol. The lowest BCUT2D eigenvalue weighted by atomic mass is 9.85. The summed E-state index contributed by atoms with van der Waals surface area (Å²) in [6.07, 6.45) is 12.8. The molecule has 2 aromatic rings. The van der Waals surface area contributed by atoms with E-state index in [-0.39, 0.29) is 12.1 Å². The third-order valence-electron chi connectivity index (χ3n) is 7.63. The zero-order chi connectivity index (χ0) is 22.8. The highest BCUT2D eigenvalue weighted by atomic mass is 16.5. The Balaban J connectivity index is 1.29. The van der Waals surface area contributed by atoms with Crippen LogP contribution in [0.2, 0.25) is 0 Å². The van der Waals surface area contributed by atoms with Gasteiger partial charge in [0, 0.05) is 25.7 Å². The van der Waals surface area contributed by atoms with Crippen molar-refractivity contribution in [2.75, 3.05) is 31.1 Å². The van der Waals surface area contributed by atoms with E-state index in [1.165, 1.54) is 17.6 Å². The molecule has 33 heavy (non-hydrogen) atoms. The highest BCUT2D eigenvalue weighted by Crippen LogP contribution is 2.36. The number of rotatable bonds is 7. The summed E-state index contributed by atoms with van der Waals surface area (Å²) in [5.41, 5.74) is 4.52. The van der Waals surface area contributed by atoms with Gasteiger partial charge in [0.15, 0.2) is 11.5 Å². The Kier molecular flexibility index (Phi) is 6.64. The first-order chi connectivity index (χ1) is 16.2. The van der Waals surface area contributed by atoms with Crippen LogP contribution >= 0.6 is 0 Å². The van der Waals surface area contributed by atoms with E-state index in [1.54, 1.807) is 12.7 Å². The summed E-state index contributed by atoms with van der Waals surface area (Å²) in [5.74, 6) is 1.96. The average Bonchev–Trinajstić information content (AvgIpc) is 3.60. The molecular formula is C25H36N6O2. The summed E-state index contributed by atoms with van der Waals surface area (Å²) >= 11 is 0. The third kappa shape index (κ3) is 4.51. The molecule has 178 valence electrons. The minimum atomic E-state index is -0.168. The number of nitrogens with one attached hydrogen (secondary N) is 1. The van der Waals surface area contributed by atoms with Crippen molar-refractivity contribution in [2.45, 2.75) is 77.0 Å². The van der Waals surface area contributed by atoms with Gasteiger partial charge >= 0.3 is 0 Å². The molecule has 8 heteroatoms. The lowest BCUT2D eigenvalue weighted by Crippen LogP contribution is -2.37. The number of aromatic amines is 1. The van der Waals surface area contributed by atoms with E-state index in [1.807, 2.05) is 0 Å². The maximum absolute atomic E-state index is 10.0. The maximum Gasteiger partial charge on any atom is 0.182 e. The number of aromatic nitrogens is 4. The van der Waals surface area contributed by atoms with Crippen LogP contribution in [0.3, 0.4) is 0 Å². The summed E-state index contributed by atoms with van der Waals surface area (Å²) in [5, 5.41) is 10.0. The van der Waals surface area contributed by atoms with Gasteiger partial charge in [-0.1, -0.05) is 12.5 Å². The van der Waals surface area contributed by atoms with Crippen molar-refractivity contribution in [1.82, 2.24) is 24.8 Å². The van der Waals surface area contributed by atoms with Crippen LogP contribution in [0.1, 0.15) is 58.8 Å². The Morgan fingerprint density at radius 1 is 1.24 bits per heavy atom. The average molecular weight is 453 g/mol. The van der Waals surface area contributed by atoms with Gasteiger partial charge in [-0.05, 0) is 63.5 Å². The molecule has 2 fully saturated rings. The molecule has 4 heterocycles. The number of fused-ring (bicyclic) bond motifs is 1. The first-order valence-electron chi connectivity index (χ1n) is 12.5. The lowest BCUT2D eigenvalue weighted by molar-refractivity contribution is 0.149. The molecule has 0 radical (unpaired) electrons. The fourth-order valence-corrected chi connectivity index (χ4v) is 5.84. The van der Waals surface area contributed by atoms with Crippen molar-refractivity contribution in [3.8, 4) is 0 Å². The van der Waals surface area contributed by atoms with E-state index in [0.717, 1.165) is 75.3 Å². The number of β-amino-alcohol motifs (C(OH)–C–C–N with tert-alkyl or cyclic N) is 1. The maximum atomic E-state index is 10.0. The van der Waals surface area contributed by atoms with E-state index < -0.39 is 0 Å². The van der Waals surface area contributed by atoms with Gasteiger partial charge < -0.3 is 19.7 Å². The molecule has 2 aromatic heterocycles. The van der Waals surface area contributed by atoms with Crippen molar-refractivity contribution in [3.05, 3.63) is 35.6 Å². The van der Waals surface area contributed by atoms with Crippen molar-refractivity contribution >= 4 is 17.0 Å². The van der Waals surface area contributed by atoms with Gasteiger partial charge in [0.25, 0.3) is 0 Å². The number of anilines is 1. The van der Waals surface area contributed by atoms with Crippen LogP contribution in [0, 0.1) is 0 Å². The first-order valence-corrected chi connectivity index (χ1v) is 12.5. The first kappa shape index (κ1) is 22.3. The summed E-state index contributed by atoms with van der Waals surface area (Å²) in [6, 6.07) is 0.781. The number of aliphatic hydroxyl groups excluding tert-OH is 1. The Hall–Kier alpha value is -2.45. The predicted molar refractivity (Wildman–Crippen MR) is 129 cm³/mol. The van der Waals surface area contributed by atoms with Crippen molar-refractivity contribution in [1.29, 1.82) is 0 Å². The summed E-state index contributed by atoms with van der Waals surface area (Å²) in [4.78, 5) is 21.2. The minimum absolute atomic E-state index is 0.168. The predicted octanol–water partition coefficient (Wildman–Crippen LogP) is 3.57. The fourth-order valence-electron chi connectivity index (χ4n) is 5.84. The Labute approximate surface area is 195 Å². The Morgan fingerprint density at radius 3 is 2.94 bits per heavy atom. The second kappa shape index (κ2) is 9.81. The second-order valence-electron chi connectivity index (χ2n) is 9.52. The molecule has 2 aliphatic heterocycles. The molecule has 1 aliphatic carbocycles. The molecule has 0 amide bonds. The van der Waals surface area contributed by atoms with Crippen LogP contribution in [-0.2, 0) is 4.74 Å². The molecule has 2 saturated heterocycles. The van der Waals surface area contributed by atoms with E-state index in [2.05, 4.69) is 49.7 Å². The highest BCUT2D eigenvalue weighted by molar-refractivity contribution is 5.83. The van der Waals surface area contributed by atoms with Gasteiger partial charge in [0.2, 0.25) is 0 Å². The number of aliphatic hydroxyl groups is 1. The summed E-state index contributed by atoms with van der Waals surface area (Å²) < 4.78 is 6.55. The molecule has 3 aliphatic rings. The molecule has 2 N–H and O–H groups in total. The largest absolute Gasteiger partial charge is 0.492 e. The molecule has 0 bridgehead atoms. The molecular weight excluding hydrogens is 416 g/mol. The number of hydrogen-bond acceptors (Lipinski definition) is 7. The topological polar surface area (TPSA) is 90.4 Å². The number of hydrogen-bond donors (Lipinski definition) is 2. The van der Waals surface area contributed by atoms with Gasteiger partial charge in [-0.2, -0.15) is 0 Å². The van der Waals surface area contributed by atoms with Crippen LogP contribution in [-0.4, -0.2) is 74.4 Å². The lowest BCUT2D eigenvalue weighted by Gasteiger charge is -2.34. The van der Waals surface area contributed by atoms with Crippen LogP contribution in [0.4, 0.5) is 5.82 Å². The molecule has 3 unspecified atom stereocenters. The van der Waals surface area contributed by atoms with Crippen molar-refractivity contribution in [3.63, 3.8) is 0 Å². The van der Waals surface area contributed by atoms with E-state index in [0.29, 0.717) is 18.3 Å². The van der Waals surface area contributed by atoms with Crippen molar-refractivity contribution < 1.29 is 9.84 Å². The second-order valence-corrected chi connectivity index (χ2v) is 9.52. The quantitative estimate of drug-likeness (QED) is 0.621. The molecule has 0 spiro atoms. The van der Waals surface area contributed by atoms with Crippen LogP contribution in [0.5, 0.6) is 0 Å². The van der Waals surface area contributed by atoms with E-state index >= 15 is 0 Å². The number of imidazole rings is 1. The number of likely N-dealkylation sites (tertiary alicyclic amines) is 1. The smallest absolute Gasteiger partial charge is 0.182 e. The van der Waals surface area contributed by atoms with Gasteiger partial charge in [0.1, 0.15) is 24.2 Å². The Morgan fingerprint density at radius 2 is 2.15 bits per heavy atom.